The number of benzene rings is 2. The summed E-state index contributed by atoms with van der Waals surface area (Å²) in [6, 6.07) is 10.7. The number of aryl methyl sites for hydroxylation is 1. The van der Waals surface area contributed by atoms with Gasteiger partial charge in [-0.15, -0.1) is 0 Å². The molecule has 1 heterocycles. The molecular formula is C19H17NO6S. The summed E-state index contributed by atoms with van der Waals surface area (Å²) in [6.45, 7) is 1.39. The minimum atomic E-state index is -3.46. The second-order valence-corrected chi connectivity index (χ2v) is 8.21. The number of hydrogen-bond acceptors (Lipinski definition) is 6. The zero-order valence-electron chi connectivity index (χ0n) is 14.8. The third kappa shape index (κ3) is 3.61. The van der Waals surface area contributed by atoms with Gasteiger partial charge in [-0.1, -0.05) is 18.2 Å². The molecule has 8 heteroatoms. The van der Waals surface area contributed by atoms with Crippen LogP contribution in [-0.4, -0.2) is 50.5 Å². The van der Waals surface area contributed by atoms with Crippen molar-refractivity contribution in [1.82, 2.24) is 4.90 Å². The number of amides is 2. The zero-order chi connectivity index (χ0) is 19.8. The molecule has 0 saturated carbocycles. The summed E-state index contributed by atoms with van der Waals surface area (Å²) in [7, 11) is -3.46. The SMILES string of the molecule is Cc1ccc(S(C)(=O)=O)cc1C(=O)OCCN1C(=O)c2ccccc2C1=O. The summed E-state index contributed by atoms with van der Waals surface area (Å²) in [5, 5.41) is 0. The van der Waals surface area contributed by atoms with Crippen LogP contribution in [0.25, 0.3) is 0 Å². The molecule has 0 aromatic heterocycles. The van der Waals surface area contributed by atoms with E-state index in [1.54, 1.807) is 31.2 Å². The van der Waals surface area contributed by atoms with Gasteiger partial charge in [0.15, 0.2) is 9.84 Å². The first kappa shape index (κ1) is 18.8. The molecule has 3 rings (SSSR count). The minimum absolute atomic E-state index is 0.0143. The maximum atomic E-state index is 12.3. The predicted molar refractivity (Wildman–Crippen MR) is 96.4 cm³/mol. The molecule has 2 aromatic rings. The lowest BCUT2D eigenvalue weighted by Crippen LogP contribution is -2.33. The summed E-state index contributed by atoms with van der Waals surface area (Å²) >= 11 is 0. The standard InChI is InChI=1S/C19H17NO6S/c1-12-7-8-13(27(2,24)25)11-16(12)19(23)26-10-9-20-17(21)14-5-3-4-6-15(14)18(20)22/h3-8,11H,9-10H2,1-2H3. The fourth-order valence-corrected chi connectivity index (χ4v) is 3.45. The Bertz CT molecular complexity index is 1020. The fourth-order valence-electron chi connectivity index (χ4n) is 2.80. The molecule has 0 spiro atoms. The van der Waals surface area contributed by atoms with Crippen molar-refractivity contribution in [1.29, 1.82) is 0 Å². The van der Waals surface area contributed by atoms with E-state index in [9.17, 15) is 22.8 Å². The Morgan fingerprint density at radius 2 is 1.63 bits per heavy atom. The molecule has 1 aliphatic heterocycles. The van der Waals surface area contributed by atoms with Crippen LogP contribution in [-0.2, 0) is 14.6 Å². The van der Waals surface area contributed by atoms with Crippen molar-refractivity contribution in [2.45, 2.75) is 11.8 Å². The summed E-state index contributed by atoms with van der Waals surface area (Å²) < 4.78 is 28.5. The van der Waals surface area contributed by atoms with E-state index < -0.39 is 27.6 Å². The number of hydrogen-bond donors (Lipinski definition) is 0. The van der Waals surface area contributed by atoms with Crippen molar-refractivity contribution in [2.75, 3.05) is 19.4 Å². The lowest BCUT2D eigenvalue weighted by molar-refractivity contribution is 0.0419. The topological polar surface area (TPSA) is 97.8 Å². The van der Waals surface area contributed by atoms with E-state index in [0.29, 0.717) is 16.7 Å². The molecule has 7 nitrogen and oxygen atoms in total. The molecule has 0 saturated heterocycles. The van der Waals surface area contributed by atoms with Crippen LogP contribution < -0.4 is 0 Å². The van der Waals surface area contributed by atoms with Crippen LogP contribution in [0.15, 0.2) is 47.4 Å². The number of sulfone groups is 1. The first-order valence-electron chi connectivity index (χ1n) is 8.13. The monoisotopic (exact) mass is 387 g/mol. The quantitative estimate of drug-likeness (QED) is 0.574. The van der Waals surface area contributed by atoms with Crippen LogP contribution in [0.3, 0.4) is 0 Å². The van der Waals surface area contributed by atoms with E-state index in [-0.39, 0.29) is 23.6 Å². The van der Waals surface area contributed by atoms with E-state index in [0.717, 1.165) is 11.2 Å². The Hall–Kier alpha value is -3.00. The Morgan fingerprint density at radius 3 is 2.19 bits per heavy atom. The van der Waals surface area contributed by atoms with Crippen LogP contribution in [0, 0.1) is 6.92 Å². The maximum Gasteiger partial charge on any atom is 0.338 e. The van der Waals surface area contributed by atoms with Gasteiger partial charge in [-0.2, -0.15) is 0 Å². The molecular weight excluding hydrogens is 370 g/mol. The number of carbonyl (C=O) groups is 3. The van der Waals surface area contributed by atoms with E-state index >= 15 is 0 Å². The number of nitrogens with zero attached hydrogens (tertiary/aromatic N) is 1. The van der Waals surface area contributed by atoms with Crippen molar-refractivity contribution < 1.29 is 27.5 Å². The third-order valence-corrected chi connectivity index (χ3v) is 5.39. The number of esters is 1. The summed E-state index contributed by atoms with van der Waals surface area (Å²) in [4.78, 5) is 37.9. The van der Waals surface area contributed by atoms with Crippen LogP contribution in [0.1, 0.15) is 36.6 Å². The second kappa shape index (κ2) is 6.96. The highest BCUT2D eigenvalue weighted by Gasteiger charge is 2.34. The molecule has 0 radical (unpaired) electrons. The Labute approximate surface area is 156 Å². The van der Waals surface area contributed by atoms with Gasteiger partial charge in [0.2, 0.25) is 0 Å². The summed E-state index contributed by atoms with van der Waals surface area (Å²) in [5.41, 5.74) is 1.34. The highest BCUT2D eigenvalue weighted by atomic mass is 32.2. The largest absolute Gasteiger partial charge is 0.460 e. The molecule has 0 fully saturated rings. The molecule has 0 N–H and O–H groups in total. The Kier molecular flexibility index (Phi) is 4.84. The molecule has 2 amide bonds. The van der Waals surface area contributed by atoms with Gasteiger partial charge in [0.05, 0.1) is 28.1 Å². The number of fused-ring (bicyclic) bond motifs is 1. The molecule has 0 bridgehead atoms. The van der Waals surface area contributed by atoms with Gasteiger partial charge in [0, 0.05) is 6.26 Å². The van der Waals surface area contributed by atoms with E-state index in [2.05, 4.69) is 0 Å². The Morgan fingerprint density at radius 1 is 1.04 bits per heavy atom. The maximum absolute atomic E-state index is 12.3. The second-order valence-electron chi connectivity index (χ2n) is 6.19. The molecule has 27 heavy (non-hydrogen) atoms. The third-order valence-electron chi connectivity index (χ3n) is 4.28. The van der Waals surface area contributed by atoms with Crippen molar-refractivity contribution in [3.8, 4) is 0 Å². The number of imide groups is 1. The molecule has 2 aromatic carbocycles. The summed E-state index contributed by atoms with van der Waals surface area (Å²) in [6.07, 6.45) is 1.05. The van der Waals surface area contributed by atoms with E-state index in [1.807, 2.05) is 0 Å². The molecule has 140 valence electrons. The van der Waals surface area contributed by atoms with Crippen LogP contribution in [0.2, 0.25) is 0 Å². The normalized spacial score (nSPS) is 13.6. The number of carbonyl (C=O) groups excluding carboxylic acids is 3. The van der Waals surface area contributed by atoms with Crippen molar-refractivity contribution in [3.63, 3.8) is 0 Å². The van der Waals surface area contributed by atoms with Crippen molar-refractivity contribution >= 4 is 27.6 Å². The van der Waals surface area contributed by atoms with Gasteiger partial charge in [-0.3, -0.25) is 14.5 Å². The zero-order valence-corrected chi connectivity index (χ0v) is 15.6. The molecule has 0 atom stereocenters. The van der Waals surface area contributed by atoms with Crippen LogP contribution >= 0.6 is 0 Å². The van der Waals surface area contributed by atoms with Crippen LogP contribution in [0.5, 0.6) is 0 Å². The van der Waals surface area contributed by atoms with Crippen LogP contribution in [0.4, 0.5) is 0 Å². The lowest BCUT2D eigenvalue weighted by Gasteiger charge is -2.14. The van der Waals surface area contributed by atoms with Gasteiger partial charge in [0.1, 0.15) is 6.61 Å². The minimum Gasteiger partial charge on any atom is -0.460 e. The first-order chi connectivity index (χ1) is 12.7. The predicted octanol–water partition coefficient (Wildman–Crippen LogP) is 1.85. The van der Waals surface area contributed by atoms with Gasteiger partial charge in [0.25, 0.3) is 11.8 Å². The van der Waals surface area contributed by atoms with Crippen molar-refractivity contribution in [3.05, 3.63) is 64.7 Å². The average molecular weight is 387 g/mol. The first-order valence-corrected chi connectivity index (χ1v) is 10.0. The van der Waals surface area contributed by atoms with E-state index in [1.165, 1.54) is 18.2 Å². The highest BCUT2D eigenvalue weighted by Crippen LogP contribution is 2.22. The molecule has 1 aliphatic rings. The summed E-state index contributed by atoms with van der Waals surface area (Å²) in [5.74, 6) is -1.57. The molecule has 0 aliphatic carbocycles. The lowest BCUT2D eigenvalue weighted by atomic mass is 10.1. The number of ether oxygens (including phenoxy) is 1. The van der Waals surface area contributed by atoms with Gasteiger partial charge in [-0.25, -0.2) is 13.2 Å². The van der Waals surface area contributed by atoms with Gasteiger partial charge in [-0.05, 0) is 36.8 Å². The fraction of sp³-hybridized carbons (Fsp3) is 0.211. The Balaban J connectivity index is 1.68. The van der Waals surface area contributed by atoms with E-state index in [4.69, 9.17) is 4.74 Å². The van der Waals surface area contributed by atoms with Gasteiger partial charge < -0.3 is 4.74 Å². The average Bonchev–Trinajstić information content (AvgIpc) is 2.86. The smallest absolute Gasteiger partial charge is 0.338 e. The van der Waals surface area contributed by atoms with Crippen molar-refractivity contribution in [2.24, 2.45) is 0 Å². The van der Waals surface area contributed by atoms with Gasteiger partial charge >= 0.3 is 5.97 Å². The number of rotatable bonds is 5. The highest BCUT2D eigenvalue weighted by molar-refractivity contribution is 7.90. The molecule has 0 unspecified atom stereocenters.